The maximum atomic E-state index is 4.16. The van der Waals surface area contributed by atoms with Crippen LogP contribution in [-0.2, 0) is 0 Å². The Kier molecular flexibility index (Phi) is 5.55. The first-order valence-electron chi connectivity index (χ1n) is 6.29. The first-order valence-corrected chi connectivity index (χ1v) is 6.29. The molecule has 0 heterocycles. The van der Waals surface area contributed by atoms with Crippen molar-refractivity contribution >= 4 is 6.08 Å². The van der Waals surface area contributed by atoms with Crippen LogP contribution in [0.2, 0.25) is 0 Å². The maximum Gasteiger partial charge on any atom is 0.0320 e. The second-order valence-electron chi connectivity index (χ2n) is 4.46. The van der Waals surface area contributed by atoms with E-state index in [0.717, 1.165) is 12.2 Å². The molecule has 0 atom stereocenters. The summed E-state index contributed by atoms with van der Waals surface area (Å²) in [5, 5.41) is 0. The third-order valence-corrected chi connectivity index (χ3v) is 2.95. The summed E-state index contributed by atoms with van der Waals surface area (Å²) in [6.45, 7) is 9.57. The highest BCUT2D eigenvalue weighted by molar-refractivity contribution is 5.56. The third kappa shape index (κ3) is 4.48. The van der Waals surface area contributed by atoms with Gasteiger partial charge in [-0.2, -0.15) is 0 Å². The Labute approximate surface area is 105 Å². The molecular formula is C16H23N. The van der Waals surface area contributed by atoms with Gasteiger partial charge in [0.2, 0.25) is 0 Å². The number of benzene rings is 1. The summed E-state index contributed by atoms with van der Waals surface area (Å²) in [6, 6.07) is 10.4. The number of likely N-dealkylation sites (N-methyl/N-ethyl adjacent to an activating group) is 1. The lowest BCUT2D eigenvalue weighted by molar-refractivity contribution is 0.415. The lowest BCUT2D eigenvalue weighted by Crippen LogP contribution is -2.18. The summed E-state index contributed by atoms with van der Waals surface area (Å²) in [4.78, 5) is 2.23. The number of allylic oxidation sites excluding steroid dienone is 1. The van der Waals surface area contributed by atoms with Crippen LogP contribution in [0, 0.1) is 0 Å². The highest BCUT2D eigenvalue weighted by Crippen LogP contribution is 2.15. The zero-order chi connectivity index (χ0) is 12.7. The maximum absolute atomic E-state index is 4.16. The van der Waals surface area contributed by atoms with E-state index in [4.69, 9.17) is 0 Å². The molecule has 0 spiro atoms. The first-order chi connectivity index (χ1) is 8.15. The predicted molar refractivity (Wildman–Crippen MR) is 76.8 cm³/mol. The highest BCUT2D eigenvalue weighted by Gasteiger charge is 2.03. The van der Waals surface area contributed by atoms with Crippen molar-refractivity contribution in [1.29, 1.82) is 0 Å². The molecule has 1 aromatic carbocycles. The quantitative estimate of drug-likeness (QED) is 0.656. The van der Waals surface area contributed by atoms with E-state index in [0.29, 0.717) is 0 Å². The van der Waals surface area contributed by atoms with E-state index in [9.17, 15) is 0 Å². The van der Waals surface area contributed by atoms with Crippen LogP contribution < -0.4 is 0 Å². The highest BCUT2D eigenvalue weighted by atomic mass is 15.1. The van der Waals surface area contributed by atoms with Crippen molar-refractivity contribution < 1.29 is 0 Å². The van der Waals surface area contributed by atoms with Crippen LogP contribution in [0.15, 0.2) is 48.2 Å². The minimum absolute atomic E-state index is 1.08. The van der Waals surface area contributed by atoms with Gasteiger partial charge < -0.3 is 4.90 Å². The van der Waals surface area contributed by atoms with E-state index in [-0.39, 0.29) is 0 Å². The smallest absolute Gasteiger partial charge is 0.0320 e. The fourth-order valence-electron chi connectivity index (χ4n) is 1.71. The van der Waals surface area contributed by atoms with Gasteiger partial charge in [-0.3, -0.25) is 0 Å². The molecule has 1 aromatic rings. The Bertz CT molecular complexity index is 376. The molecule has 0 N–H and O–H groups in total. The van der Waals surface area contributed by atoms with E-state index >= 15 is 0 Å². The van der Waals surface area contributed by atoms with Crippen molar-refractivity contribution in [3.05, 3.63) is 53.7 Å². The van der Waals surface area contributed by atoms with Crippen molar-refractivity contribution in [3.8, 4) is 0 Å². The van der Waals surface area contributed by atoms with Crippen molar-refractivity contribution in [1.82, 2.24) is 4.90 Å². The summed E-state index contributed by atoms with van der Waals surface area (Å²) in [5.41, 5.74) is 3.58. The summed E-state index contributed by atoms with van der Waals surface area (Å²) < 4.78 is 0. The van der Waals surface area contributed by atoms with Crippen LogP contribution in [0.3, 0.4) is 0 Å². The Morgan fingerprint density at radius 1 is 1.29 bits per heavy atom. The number of hydrogen-bond acceptors (Lipinski definition) is 1. The van der Waals surface area contributed by atoms with Gasteiger partial charge in [-0.15, -0.1) is 0 Å². The van der Waals surface area contributed by atoms with Gasteiger partial charge in [0, 0.05) is 19.3 Å². The van der Waals surface area contributed by atoms with E-state index in [2.05, 4.69) is 62.7 Å². The normalized spacial score (nSPS) is 11.4. The van der Waals surface area contributed by atoms with Gasteiger partial charge in [-0.05, 0) is 24.5 Å². The summed E-state index contributed by atoms with van der Waals surface area (Å²) in [5.74, 6) is 0. The minimum Gasteiger partial charge on any atom is -0.375 e. The van der Waals surface area contributed by atoms with Gasteiger partial charge in [0.05, 0.1) is 0 Å². The molecule has 0 aliphatic rings. The molecule has 0 saturated heterocycles. The zero-order valence-electron chi connectivity index (χ0n) is 11.2. The largest absolute Gasteiger partial charge is 0.375 e. The van der Waals surface area contributed by atoms with Gasteiger partial charge in [0.15, 0.2) is 0 Å². The van der Waals surface area contributed by atoms with Crippen molar-refractivity contribution in [2.75, 3.05) is 13.6 Å². The van der Waals surface area contributed by atoms with Crippen LogP contribution in [0.5, 0.6) is 0 Å². The minimum atomic E-state index is 1.08. The molecule has 0 unspecified atom stereocenters. The molecule has 17 heavy (non-hydrogen) atoms. The topological polar surface area (TPSA) is 3.24 Å². The molecule has 0 bridgehead atoms. The molecule has 1 nitrogen and oxygen atoms in total. The Balaban J connectivity index is 2.66. The second kappa shape index (κ2) is 6.95. The van der Waals surface area contributed by atoms with Crippen molar-refractivity contribution in [2.24, 2.45) is 0 Å². The van der Waals surface area contributed by atoms with Gasteiger partial charge in [0.25, 0.3) is 0 Å². The molecule has 92 valence electrons. The van der Waals surface area contributed by atoms with Crippen LogP contribution in [0.25, 0.3) is 6.08 Å². The van der Waals surface area contributed by atoms with Crippen LogP contribution in [0.4, 0.5) is 0 Å². The molecule has 1 heteroatoms. The van der Waals surface area contributed by atoms with E-state index in [1.807, 2.05) is 6.07 Å². The SMILES string of the molecule is C=C(/C(C)=C/c1ccccc1)N(C)CCCC. The average Bonchev–Trinajstić information content (AvgIpc) is 2.36. The Hall–Kier alpha value is -1.50. The fraction of sp³-hybridized carbons (Fsp3) is 0.375. The molecule has 0 aromatic heterocycles. The van der Waals surface area contributed by atoms with Gasteiger partial charge in [0.1, 0.15) is 0 Å². The van der Waals surface area contributed by atoms with Crippen molar-refractivity contribution in [2.45, 2.75) is 26.7 Å². The standard InChI is InChI=1S/C16H23N/c1-5-6-12-17(4)15(3)14(2)13-16-10-8-7-9-11-16/h7-11,13H,3,5-6,12H2,1-2,4H3/b14-13+. The molecule has 0 radical (unpaired) electrons. The van der Waals surface area contributed by atoms with E-state index in [1.54, 1.807) is 0 Å². The molecule has 0 aliphatic heterocycles. The monoisotopic (exact) mass is 229 g/mol. The van der Waals surface area contributed by atoms with Crippen LogP contribution in [0.1, 0.15) is 32.3 Å². The van der Waals surface area contributed by atoms with Crippen LogP contribution in [-0.4, -0.2) is 18.5 Å². The lowest BCUT2D eigenvalue weighted by atomic mass is 10.1. The van der Waals surface area contributed by atoms with Crippen molar-refractivity contribution in [3.63, 3.8) is 0 Å². The molecule has 0 fully saturated rings. The Morgan fingerprint density at radius 3 is 2.53 bits per heavy atom. The fourth-order valence-corrected chi connectivity index (χ4v) is 1.71. The van der Waals surface area contributed by atoms with Gasteiger partial charge >= 0.3 is 0 Å². The summed E-state index contributed by atoms with van der Waals surface area (Å²) in [7, 11) is 2.11. The third-order valence-electron chi connectivity index (χ3n) is 2.95. The molecular weight excluding hydrogens is 206 g/mol. The lowest BCUT2D eigenvalue weighted by Gasteiger charge is -2.22. The summed E-state index contributed by atoms with van der Waals surface area (Å²) in [6.07, 6.45) is 4.62. The number of hydrogen-bond donors (Lipinski definition) is 0. The van der Waals surface area contributed by atoms with Gasteiger partial charge in [-0.25, -0.2) is 0 Å². The molecule has 0 saturated carbocycles. The predicted octanol–water partition coefficient (Wildman–Crippen LogP) is 4.34. The average molecular weight is 229 g/mol. The number of unbranched alkanes of at least 4 members (excludes halogenated alkanes) is 1. The van der Waals surface area contributed by atoms with Crippen LogP contribution >= 0.6 is 0 Å². The molecule has 1 rings (SSSR count). The molecule has 0 aliphatic carbocycles. The zero-order valence-corrected chi connectivity index (χ0v) is 11.2. The second-order valence-corrected chi connectivity index (χ2v) is 4.46. The number of rotatable bonds is 6. The van der Waals surface area contributed by atoms with Gasteiger partial charge in [-0.1, -0.05) is 56.3 Å². The van der Waals surface area contributed by atoms with E-state index in [1.165, 1.54) is 24.0 Å². The molecule has 0 amide bonds. The number of nitrogens with zero attached hydrogens (tertiary/aromatic N) is 1. The Morgan fingerprint density at radius 2 is 1.94 bits per heavy atom. The van der Waals surface area contributed by atoms with E-state index < -0.39 is 0 Å². The summed E-state index contributed by atoms with van der Waals surface area (Å²) >= 11 is 0. The first kappa shape index (κ1) is 13.6.